The predicted molar refractivity (Wildman–Crippen MR) is 78.9 cm³/mol. The van der Waals surface area contributed by atoms with Crippen molar-refractivity contribution < 1.29 is 4.74 Å². The van der Waals surface area contributed by atoms with Gasteiger partial charge in [0.05, 0.1) is 12.7 Å². The monoisotopic (exact) mass is 252 g/mol. The first kappa shape index (κ1) is 12.4. The first-order valence-electron chi connectivity index (χ1n) is 7.18. The van der Waals surface area contributed by atoms with Gasteiger partial charge in [-0.2, -0.15) is 0 Å². The van der Waals surface area contributed by atoms with Crippen molar-refractivity contribution in [1.82, 2.24) is 0 Å². The fourth-order valence-corrected chi connectivity index (χ4v) is 2.74. The van der Waals surface area contributed by atoms with Crippen LogP contribution in [0.2, 0.25) is 0 Å². The van der Waals surface area contributed by atoms with Gasteiger partial charge < -0.3 is 4.74 Å². The van der Waals surface area contributed by atoms with Crippen LogP contribution in [0.4, 0.5) is 0 Å². The van der Waals surface area contributed by atoms with Gasteiger partial charge in [0.15, 0.2) is 0 Å². The van der Waals surface area contributed by atoms with Crippen molar-refractivity contribution >= 4 is 0 Å². The fraction of sp³-hybridized carbons (Fsp3) is 0.333. The van der Waals surface area contributed by atoms with Gasteiger partial charge in [0.25, 0.3) is 0 Å². The Balaban J connectivity index is 1.69. The summed E-state index contributed by atoms with van der Waals surface area (Å²) in [5, 5.41) is 0. The molecule has 3 rings (SSSR count). The molecule has 19 heavy (non-hydrogen) atoms. The van der Waals surface area contributed by atoms with Gasteiger partial charge in [0.1, 0.15) is 0 Å². The zero-order valence-corrected chi connectivity index (χ0v) is 11.2. The Bertz CT molecular complexity index is 512. The second kappa shape index (κ2) is 6.03. The number of hydrogen-bond donors (Lipinski definition) is 0. The lowest BCUT2D eigenvalue weighted by Crippen LogP contribution is -2.07. The second-order valence-electron chi connectivity index (χ2n) is 5.28. The zero-order valence-electron chi connectivity index (χ0n) is 11.2. The highest BCUT2D eigenvalue weighted by molar-refractivity contribution is 5.63. The maximum atomic E-state index is 5.98. The molecule has 1 fully saturated rings. The summed E-state index contributed by atoms with van der Waals surface area (Å²) in [6.07, 6.45) is 5.61. The molecule has 1 aliphatic rings. The number of hydrogen-bond acceptors (Lipinski definition) is 1. The van der Waals surface area contributed by atoms with Crippen LogP contribution in [0.5, 0.6) is 0 Å². The summed E-state index contributed by atoms with van der Waals surface area (Å²) >= 11 is 0. The zero-order chi connectivity index (χ0) is 12.9. The Morgan fingerprint density at radius 2 is 1.58 bits per heavy atom. The van der Waals surface area contributed by atoms with E-state index >= 15 is 0 Å². The molecule has 1 nitrogen and oxygen atoms in total. The molecule has 1 aliphatic carbocycles. The molecule has 0 heterocycles. The lowest BCUT2D eigenvalue weighted by Gasteiger charge is -2.11. The van der Waals surface area contributed by atoms with E-state index in [9.17, 15) is 0 Å². The van der Waals surface area contributed by atoms with E-state index in [1.807, 2.05) is 0 Å². The van der Waals surface area contributed by atoms with Crippen LogP contribution >= 0.6 is 0 Å². The van der Waals surface area contributed by atoms with Gasteiger partial charge in [0, 0.05) is 0 Å². The molecule has 0 amide bonds. The Hall–Kier alpha value is -1.60. The molecule has 0 bridgehead atoms. The lowest BCUT2D eigenvalue weighted by atomic mass is 10.0. The van der Waals surface area contributed by atoms with Crippen LogP contribution in [0.15, 0.2) is 54.6 Å². The van der Waals surface area contributed by atoms with Crippen LogP contribution in [-0.2, 0) is 11.3 Å². The first-order valence-corrected chi connectivity index (χ1v) is 7.18. The normalized spacial score (nSPS) is 15.8. The van der Waals surface area contributed by atoms with E-state index in [4.69, 9.17) is 4.74 Å². The van der Waals surface area contributed by atoms with Crippen molar-refractivity contribution in [3.8, 4) is 11.1 Å². The average Bonchev–Trinajstić information content (AvgIpc) is 3.00. The highest BCUT2D eigenvalue weighted by Crippen LogP contribution is 2.24. The molecule has 0 aliphatic heterocycles. The van der Waals surface area contributed by atoms with E-state index in [-0.39, 0.29) is 0 Å². The number of rotatable bonds is 4. The lowest BCUT2D eigenvalue weighted by molar-refractivity contribution is 0.0457. The van der Waals surface area contributed by atoms with Gasteiger partial charge in [0.2, 0.25) is 0 Å². The summed E-state index contributed by atoms with van der Waals surface area (Å²) < 4.78 is 5.98. The summed E-state index contributed by atoms with van der Waals surface area (Å²) in [5.41, 5.74) is 3.81. The van der Waals surface area contributed by atoms with E-state index in [1.54, 1.807) is 0 Å². The third-order valence-corrected chi connectivity index (χ3v) is 3.82. The van der Waals surface area contributed by atoms with Crippen LogP contribution in [0, 0.1) is 0 Å². The Morgan fingerprint density at radius 3 is 2.37 bits per heavy atom. The van der Waals surface area contributed by atoms with Crippen molar-refractivity contribution in [1.29, 1.82) is 0 Å². The van der Waals surface area contributed by atoms with Crippen molar-refractivity contribution in [2.75, 3.05) is 0 Å². The van der Waals surface area contributed by atoms with Gasteiger partial charge in [-0.15, -0.1) is 0 Å². The third kappa shape index (κ3) is 3.24. The topological polar surface area (TPSA) is 9.23 Å². The molecule has 0 radical (unpaired) electrons. The molecular formula is C18H20O. The molecule has 0 aromatic heterocycles. The van der Waals surface area contributed by atoms with Crippen LogP contribution in [-0.4, -0.2) is 6.10 Å². The van der Waals surface area contributed by atoms with E-state index in [0.717, 1.165) is 6.61 Å². The number of benzene rings is 2. The van der Waals surface area contributed by atoms with Crippen molar-refractivity contribution in [2.45, 2.75) is 38.4 Å². The fourth-order valence-electron chi connectivity index (χ4n) is 2.74. The quantitative estimate of drug-likeness (QED) is 0.758. The molecular weight excluding hydrogens is 232 g/mol. The van der Waals surface area contributed by atoms with Gasteiger partial charge in [-0.25, -0.2) is 0 Å². The Labute approximate surface area is 115 Å². The van der Waals surface area contributed by atoms with E-state index in [0.29, 0.717) is 6.10 Å². The minimum atomic E-state index is 0.486. The summed E-state index contributed by atoms with van der Waals surface area (Å²) in [6.45, 7) is 0.741. The highest BCUT2D eigenvalue weighted by atomic mass is 16.5. The maximum absolute atomic E-state index is 5.98. The van der Waals surface area contributed by atoms with Crippen LogP contribution in [0.25, 0.3) is 11.1 Å². The molecule has 98 valence electrons. The molecule has 2 aromatic carbocycles. The van der Waals surface area contributed by atoms with Gasteiger partial charge in [-0.1, -0.05) is 61.4 Å². The van der Waals surface area contributed by atoms with E-state index in [1.165, 1.54) is 42.4 Å². The Kier molecular flexibility index (Phi) is 3.95. The van der Waals surface area contributed by atoms with E-state index in [2.05, 4.69) is 54.6 Å². The summed E-state index contributed by atoms with van der Waals surface area (Å²) in [5.74, 6) is 0. The molecule has 0 N–H and O–H groups in total. The highest BCUT2D eigenvalue weighted by Gasteiger charge is 2.15. The standard InChI is InChI=1S/C18H20O/c1-2-8-16(9-3-1)17-10-6-7-15(13-17)14-19-18-11-4-5-12-18/h1-3,6-10,13,18H,4-5,11-12,14H2. The van der Waals surface area contributed by atoms with Crippen LogP contribution in [0.1, 0.15) is 31.2 Å². The Morgan fingerprint density at radius 1 is 0.842 bits per heavy atom. The molecule has 1 saturated carbocycles. The van der Waals surface area contributed by atoms with Crippen molar-refractivity contribution in [3.63, 3.8) is 0 Å². The summed E-state index contributed by atoms with van der Waals surface area (Å²) in [6, 6.07) is 19.2. The first-order chi connectivity index (χ1) is 9.42. The summed E-state index contributed by atoms with van der Waals surface area (Å²) in [4.78, 5) is 0. The SMILES string of the molecule is c1ccc(-c2cccc(COC3CCCC3)c2)cc1. The third-order valence-electron chi connectivity index (χ3n) is 3.82. The van der Waals surface area contributed by atoms with Crippen molar-refractivity contribution in [3.05, 3.63) is 60.2 Å². The number of ether oxygens (including phenoxy) is 1. The molecule has 2 aromatic rings. The molecule has 1 heteroatoms. The molecule has 0 atom stereocenters. The maximum Gasteiger partial charge on any atom is 0.0720 e. The van der Waals surface area contributed by atoms with Gasteiger partial charge in [-0.05, 0) is 35.6 Å². The molecule has 0 spiro atoms. The summed E-state index contributed by atoms with van der Waals surface area (Å²) in [7, 11) is 0. The largest absolute Gasteiger partial charge is 0.374 e. The molecule has 0 unspecified atom stereocenters. The minimum Gasteiger partial charge on any atom is -0.374 e. The predicted octanol–water partition coefficient (Wildman–Crippen LogP) is 4.81. The second-order valence-corrected chi connectivity index (χ2v) is 5.28. The van der Waals surface area contributed by atoms with Crippen LogP contribution in [0.3, 0.4) is 0 Å². The van der Waals surface area contributed by atoms with Gasteiger partial charge in [-0.3, -0.25) is 0 Å². The van der Waals surface area contributed by atoms with Crippen molar-refractivity contribution in [2.24, 2.45) is 0 Å². The van der Waals surface area contributed by atoms with Crippen LogP contribution < -0.4 is 0 Å². The average molecular weight is 252 g/mol. The minimum absolute atomic E-state index is 0.486. The smallest absolute Gasteiger partial charge is 0.0720 e. The van der Waals surface area contributed by atoms with E-state index < -0.39 is 0 Å². The molecule has 0 saturated heterocycles. The van der Waals surface area contributed by atoms with Gasteiger partial charge >= 0.3 is 0 Å².